The van der Waals surface area contributed by atoms with Gasteiger partial charge < -0.3 is 4.90 Å². The number of alkyl halides is 3. The molecule has 26 heavy (non-hydrogen) atoms. The van der Waals surface area contributed by atoms with E-state index in [1.807, 2.05) is 6.07 Å². The van der Waals surface area contributed by atoms with Crippen molar-refractivity contribution in [2.24, 2.45) is 11.8 Å². The van der Waals surface area contributed by atoms with Crippen molar-refractivity contribution < 1.29 is 13.2 Å². The van der Waals surface area contributed by atoms with Gasteiger partial charge >= 0.3 is 6.18 Å². The van der Waals surface area contributed by atoms with Crippen molar-refractivity contribution in [2.45, 2.75) is 31.5 Å². The van der Waals surface area contributed by atoms with E-state index in [9.17, 15) is 13.2 Å². The van der Waals surface area contributed by atoms with Crippen LogP contribution >= 0.6 is 0 Å². The highest BCUT2D eigenvalue weighted by Gasteiger charge is 2.47. The lowest BCUT2D eigenvalue weighted by molar-refractivity contribution is -0.137. The first-order valence-corrected chi connectivity index (χ1v) is 9.46. The molecule has 0 amide bonds. The Labute approximate surface area is 150 Å². The summed E-state index contributed by atoms with van der Waals surface area (Å²) in [6, 6.07) is 6.58. The third-order valence-corrected chi connectivity index (χ3v) is 6.51. The predicted molar refractivity (Wildman–Crippen MR) is 95.2 cm³/mol. The molecule has 5 rings (SSSR count). The lowest BCUT2D eigenvalue weighted by Crippen LogP contribution is -2.39. The Morgan fingerprint density at radius 3 is 2.77 bits per heavy atom. The summed E-state index contributed by atoms with van der Waals surface area (Å²) in [5, 5.41) is 0.820. The van der Waals surface area contributed by atoms with Crippen LogP contribution in [0.1, 0.15) is 24.8 Å². The highest BCUT2D eigenvalue weighted by Crippen LogP contribution is 2.43. The maximum atomic E-state index is 13.0. The molecule has 3 saturated heterocycles. The van der Waals surface area contributed by atoms with Gasteiger partial charge in [-0.3, -0.25) is 9.88 Å². The molecule has 4 heterocycles. The standard InChI is InChI=1S/C20H22F3N3/c21-20(22,23)14-4-5-15-17(9-14)24-7-6-19(15)26-11-13-10-25-8-2-1-3-18(25)16(13)12-26/h4-7,9,13,16,18H,1-3,8,10-12H2. The van der Waals surface area contributed by atoms with E-state index in [-0.39, 0.29) is 0 Å². The molecule has 3 nitrogen and oxygen atoms in total. The van der Waals surface area contributed by atoms with Crippen molar-refractivity contribution in [3.05, 3.63) is 36.0 Å². The quantitative estimate of drug-likeness (QED) is 0.760. The molecule has 0 saturated carbocycles. The van der Waals surface area contributed by atoms with Gasteiger partial charge in [-0.1, -0.05) is 12.5 Å². The lowest BCUT2D eigenvalue weighted by atomic mass is 9.90. The summed E-state index contributed by atoms with van der Waals surface area (Å²) in [6.45, 7) is 4.41. The van der Waals surface area contributed by atoms with E-state index >= 15 is 0 Å². The van der Waals surface area contributed by atoms with Crippen LogP contribution in [0, 0.1) is 11.8 Å². The first-order valence-electron chi connectivity index (χ1n) is 9.46. The predicted octanol–water partition coefficient (Wildman–Crippen LogP) is 4.17. The van der Waals surface area contributed by atoms with Crippen molar-refractivity contribution >= 4 is 16.6 Å². The normalized spacial score (nSPS) is 29.2. The van der Waals surface area contributed by atoms with E-state index in [1.165, 1.54) is 44.5 Å². The first-order chi connectivity index (χ1) is 12.5. The van der Waals surface area contributed by atoms with Crippen LogP contribution in [0.3, 0.4) is 0 Å². The topological polar surface area (TPSA) is 19.4 Å². The van der Waals surface area contributed by atoms with Crippen LogP contribution < -0.4 is 4.90 Å². The Morgan fingerprint density at radius 2 is 1.92 bits per heavy atom. The Morgan fingerprint density at radius 1 is 1.04 bits per heavy atom. The second kappa shape index (κ2) is 5.84. The van der Waals surface area contributed by atoms with Crippen LogP contribution in [0.5, 0.6) is 0 Å². The number of hydrogen-bond acceptors (Lipinski definition) is 3. The monoisotopic (exact) mass is 361 g/mol. The molecule has 0 bridgehead atoms. The molecule has 0 radical (unpaired) electrons. The summed E-state index contributed by atoms with van der Waals surface area (Å²) in [5.74, 6) is 1.36. The van der Waals surface area contributed by atoms with Gasteiger partial charge in [-0.2, -0.15) is 13.2 Å². The molecule has 3 unspecified atom stereocenters. The fourth-order valence-corrected chi connectivity index (χ4v) is 5.34. The van der Waals surface area contributed by atoms with Crippen LogP contribution in [0.25, 0.3) is 10.9 Å². The number of benzene rings is 1. The molecule has 3 fully saturated rings. The van der Waals surface area contributed by atoms with E-state index in [0.717, 1.165) is 24.2 Å². The largest absolute Gasteiger partial charge is 0.416 e. The number of nitrogens with zero attached hydrogens (tertiary/aromatic N) is 3. The van der Waals surface area contributed by atoms with Crippen molar-refractivity contribution in [2.75, 3.05) is 31.1 Å². The van der Waals surface area contributed by atoms with Crippen LogP contribution in [0.4, 0.5) is 18.9 Å². The Kier molecular flexibility index (Phi) is 3.68. The summed E-state index contributed by atoms with van der Waals surface area (Å²) in [4.78, 5) is 9.23. The number of pyridine rings is 1. The number of piperidine rings is 1. The molecule has 1 aromatic heterocycles. The van der Waals surface area contributed by atoms with Crippen molar-refractivity contribution in [3.63, 3.8) is 0 Å². The van der Waals surface area contributed by atoms with Crippen LogP contribution in [-0.4, -0.2) is 42.1 Å². The zero-order chi connectivity index (χ0) is 17.9. The van der Waals surface area contributed by atoms with Crippen LogP contribution in [-0.2, 0) is 6.18 Å². The average Bonchev–Trinajstić information content (AvgIpc) is 3.17. The third-order valence-electron chi connectivity index (χ3n) is 6.51. The smallest absolute Gasteiger partial charge is 0.370 e. The summed E-state index contributed by atoms with van der Waals surface area (Å²) in [7, 11) is 0. The van der Waals surface area contributed by atoms with Gasteiger partial charge in [0.05, 0.1) is 11.1 Å². The molecule has 3 atom stereocenters. The highest BCUT2D eigenvalue weighted by atomic mass is 19.4. The van der Waals surface area contributed by atoms with E-state index in [4.69, 9.17) is 0 Å². The molecule has 0 N–H and O–H groups in total. The third kappa shape index (κ3) is 2.57. The lowest BCUT2D eigenvalue weighted by Gasteiger charge is -2.33. The number of anilines is 1. The van der Waals surface area contributed by atoms with Gasteiger partial charge in [-0.25, -0.2) is 0 Å². The fourth-order valence-electron chi connectivity index (χ4n) is 5.34. The fraction of sp³-hybridized carbons (Fsp3) is 0.550. The van der Waals surface area contributed by atoms with Gasteiger partial charge in [-0.05, 0) is 49.4 Å². The van der Waals surface area contributed by atoms with E-state index < -0.39 is 11.7 Å². The van der Waals surface area contributed by atoms with Crippen molar-refractivity contribution in [3.8, 4) is 0 Å². The Hall–Kier alpha value is -1.82. The molecular formula is C20H22F3N3. The zero-order valence-corrected chi connectivity index (χ0v) is 14.5. The maximum absolute atomic E-state index is 13.0. The Balaban J connectivity index is 1.45. The SMILES string of the molecule is FC(F)(F)c1ccc2c(N3CC4CN5CCCCC5C4C3)ccnc2c1. The summed E-state index contributed by atoms with van der Waals surface area (Å²) in [5.41, 5.74) is 0.819. The van der Waals surface area contributed by atoms with Crippen molar-refractivity contribution in [1.29, 1.82) is 0 Å². The van der Waals surface area contributed by atoms with Crippen molar-refractivity contribution in [1.82, 2.24) is 9.88 Å². The molecule has 1 aromatic carbocycles. The highest BCUT2D eigenvalue weighted by molar-refractivity contribution is 5.92. The Bertz CT molecular complexity index is 835. The minimum absolute atomic E-state index is 0.425. The second-order valence-electron chi connectivity index (χ2n) is 7.95. The number of hydrogen-bond donors (Lipinski definition) is 0. The van der Waals surface area contributed by atoms with Crippen LogP contribution in [0.2, 0.25) is 0 Å². The number of halogens is 3. The second-order valence-corrected chi connectivity index (χ2v) is 7.95. The molecular weight excluding hydrogens is 339 g/mol. The minimum atomic E-state index is -4.33. The van der Waals surface area contributed by atoms with Gasteiger partial charge in [0.2, 0.25) is 0 Å². The number of fused-ring (bicyclic) bond motifs is 4. The molecule has 0 spiro atoms. The maximum Gasteiger partial charge on any atom is 0.416 e. The first kappa shape index (κ1) is 16.4. The van der Waals surface area contributed by atoms with E-state index in [1.54, 1.807) is 12.3 Å². The van der Waals surface area contributed by atoms with E-state index in [0.29, 0.717) is 23.4 Å². The molecule has 138 valence electrons. The van der Waals surface area contributed by atoms with Crippen LogP contribution in [0.15, 0.2) is 30.5 Å². The van der Waals surface area contributed by atoms with Gasteiger partial charge in [0.1, 0.15) is 0 Å². The molecule has 3 aliphatic rings. The summed E-state index contributed by atoms with van der Waals surface area (Å²) in [6.07, 6.45) is 1.24. The van der Waals surface area contributed by atoms with E-state index in [2.05, 4.69) is 14.8 Å². The zero-order valence-electron chi connectivity index (χ0n) is 14.5. The summed E-state index contributed by atoms with van der Waals surface area (Å²) >= 11 is 0. The molecule has 6 heteroatoms. The number of aromatic nitrogens is 1. The average molecular weight is 361 g/mol. The molecule has 2 aromatic rings. The molecule has 3 aliphatic heterocycles. The molecule has 0 aliphatic carbocycles. The summed E-state index contributed by atoms with van der Waals surface area (Å²) < 4.78 is 39.0. The number of rotatable bonds is 1. The van der Waals surface area contributed by atoms with Gasteiger partial charge in [-0.15, -0.1) is 0 Å². The van der Waals surface area contributed by atoms with Gasteiger partial charge in [0, 0.05) is 42.9 Å². The minimum Gasteiger partial charge on any atom is -0.370 e. The van der Waals surface area contributed by atoms with Gasteiger partial charge in [0.25, 0.3) is 0 Å². The van der Waals surface area contributed by atoms with Gasteiger partial charge in [0.15, 0.2) is 0 Å².